The van der Waals surface area contributed by atoms with E-state index >= 15 is 0 Å². The fourth-order valence-corrected chi connectivity index (χ4v) is 4.16. The lowest BCUT2D eigenvalue weighted by Gasteiger charge is -2.29. The molecule has 3 aromatic heterocycles. The Morgan fingerprint density at radius 2 is 1.90 bits per heavy atom. The van der Waals surface area contributed by atoms with Gasteiger partial charge in [-0.2, -0.15) is 10.2 Å². The molecule has 1 fully saturated rings. The zero-order valence-electron chi connectivity index (χ0n) is 16.7. The summed E-state index contributed by atoms with van der Waals surface area (Å²) in [5.41, 5.74) is 4.21. The van der Waals surface area contributed by atoms with E-state index in [9.17, 15) is 9.18 Å². The molecule has 4 heterocycles. The minimum Gasteiger partial charge on any atom is -0.465 e. The van der Waals surface area contributed by atoms with E-state index < -0.39 is 11.9 Å². The van der Waals surface area contributed by atoms with E-state index in [0.29, 0.717) is 48.1 Å². The number of hydrogen-bond acceptors (Lipinski definition) is 4. The summed E-state index contributed by atoms with van der Waals surface area (Å²) in [6, 6.07) is 7.21. The molecule has 0 unspecified atom stereocenters. The third kappa shape index (κ3) is 3.06. The number of likely N-dealkylation sites (tertiary alicyclic amines) is 1. The minimum absolute atomic E-state index is 0.0577. The Morgan fingerprint density at radius 1 is 1.13 bits per heavy atom. The van der Waals surface area contributed by atoms with Gasteiger partial charge in [-0.25, -0.2) is 18.7 Å². The van der Waals surface area contributed by atoms with Crippen LogP contribution in [0.1, 0.15) is 30.3 Å². The Morgan fingerprint density at radius 3 is 2.63 bits per heavy atom. The van der Waals surface area contributed by atoms with Gasteiger partial charge in [0.15, 0.2) is 11.5 Å². The molecule has 0 bridgehead atoms. The molecule has 1 aromatic carbocycles. The molecule has 8 nitrogen and oxygen atoms in total. The van der Waals surface area contributed by atoms with E-state index in [1.54, 1.807) is 9.20 Å². The van der Waals surface area contributed by atoms with Crippen molar-refractivity contribution < 1.29 is 14.3 Å². The molecule has 1 aliphatic rings. The van der Waals surface area contributed by atoms with Crippen molar-refractivity contribution in [1.29, 1.82) is 0 Å². The van der Waals surface area contributed by atoms with Crippen LogP contribution in [0.3, 0.4) is 0 Å². The van der Waals surface area contributed by atoms with Gasteiger partial charge in [0, 0.05) is 42.0 Å². The molecule has 154 valence electrons. The van der Waals surface area contributed by atoms with Crippen LogP contribution in [0.5, 0.6) is 0 Å². The number of carbonyl (C=O) groups is 1. The van der Waals surface area contributed by atoms with Crippen molar-refractivity contribution in [2.75, 3.05) is 13.1 Å². The third-order valence-electron chi connectivity index (χ3n) is 5.71. The Labute approximate surface area is 171 Å². The van der Waals surface area contributed by atoms with Gasteiger partial charge in [-0.05, 0) is 44.9 Å². The van der Waals surface area contributed by atoms with Gasteiger partial charge in [0.1, 0.15) is 5.52 Å². The summed E-state index contributed by atoms with van der Waals surface area (Å²) in [6.07, 6.45) is 2.26. The SMILES string of the molecule is Cc1cc2nc(-c3cc(F)c4nn(C5CCN(C(=O)O)CC5)cc4c3)cc(C)n2n1. The number of hydrogen-bond donors (Lipinski definition) is 1. The second-order valence-electron chi connectivity index (χ2n) is 7.84. The van der Waals surface area contributed by atoms with Crippen LogP contribution in [-0.2, 0) is 0 Å². The van der Waals surface area contributed by atoms with Gasteiger partial charge >= 0.3 is 6.09 Å². The number of carboxylic acid groups (broad SMARTS) is 1. The van der Waals surface area contributed by atoms with Gasteiger partial charge in [0.05, 0.1) is 17.4 Å². The average Bonchev–Trinajstić information content (AvgIpc) is 3.31. The Balaban J connectivity index is 1.51. The van der Waals surface area contributed by atoms with E-state index in [-0.39, 0.29) is 6.04 Å². The number of aromatic nitrogens is 5. The maximum atomic E-state index is 14.9. The molecule has 1 aliphatic heterocycles. The molecule has 0 saturated carbocycles. The van der Waals surface area contributed by atoms with Gasteiger partial charge in [-0.3, -0.25) is 4.68 Å². The normalized spacial score (nSPS) is 15.4. The summed E-state index contributed by atoms with van der Waals surface area (Å²) in [5, 5.41) is 18.7. The molecule has 4 aromatic rings. The van der Waals surface area contributed by atoms with Crippen LogP contribution >= 0.6 is 0 Å². The molecule has 1 amide bonds. The Hall–Kier alpha value is -3.49. The van der Waals surface area contributed by atoms with Gasteiger partial charge in [0.2, 0.25) is 0 Å². The molecule has 0 spiro atoms. The fourth-order valence-electron chi connectivity index (χ4n) is 4.16. The zero-order valence-corrected chi connectivity index (χ0v) is 16.7. The first-order chi connectivity index (χ1) is 14.4. The number of nitrogens with zero attached hydrogens (tertiary/aromatic N) is 6. The van der Waals surface area contributed by atoms with E-state index in [1.807, 2.05) is 38.2 Å². The number of aryl methyl sites for hydroxylation is 2. The van der Waals surface area contributed by atoms with Crippen molar-refractivity contribution in [3.05, 3.63) is 47.7 Å². The molecule has 1 N–H and O–H groups in total. The van der Waals surface area contributed by atoms with Crippen molar-refractivity contribution in [2.24, 2.45) is 0 Å². The minimum atomic E-state index is -0.900. The van der Waals surface area contributed by atoms with E-state index in [2.05, 4.69) is 15.2 Å². The molecule has 30 heavy (non-hydrogen) atoms. The Bertz CT molecular complexity index is 1290. The topological polar surface area (TPSA) is 88.5 Å². The largest absolute Gasteiger partial charge is 0.465 e. The van der Waals surface area contributed by atoms with E-state index in [1.165, 1.54) is 11.0 Å². The summed E-state index contributed by atoms with van der Waals surface area (Å²) in [4.78, 5) is 17.2. The number of piperidine rings is 1. The lowest BCUT2D eigenvalue weighted by molar-refractivity contribution is 0.124. The fraction of sp³-hybridized carbons (Fsp3) is 0.333. The highest BCUT2D eigenvalue weighted by Crippen LogP contribution is 2.29. The van der Waals surface area contributed by atoms with Crippen molar-refractivity contribution in [3.63, 3.8) is 0 Å². The average molecular weight is 408 g/mol. The predicted molar refractivity (Wildman–Crippen MR) is 109 cm³/mol. The summed E-state index contributed by atoms with van der Waals surface area (Å²) in [5.74, 6) is -0.395. The van der Waals surface area contributed by atoms with Crippen LogP contribution in [0.4, 0.5) is 9.18 Å². The number of rotatable bonds is 2. The molecule has 1 saturated heterocycles. The molecule has 5 rings (SSSR count). The van der Waals surface area contributed by atoms with E-state index in [0.717, 1.165) is 17.0 Å². The summed E-state index contributed by atoms with van der Waals surface area (Å²) < 4.78 is 18.4. The van der Waals surface area contributed by atoms with Crippen LogP contribution in [0, 0.1) is 19.7 Å². The first-order valence-corrected chi connectivity index (χ1v) is 9.90. The first kappa shape index (κ1) is 18.5. The maximum Gasteiger partial charge on any atom is 0.407 e. The number of benzene rings is 1. The smallest absolute Gasteiger partial charge is 0.407 e. The van der Waals surface area contributed by atoms with Gasteiger partial charge in [-0.1, -0.05) is 0 Å². The molecule has 0 atom stereocenters. The Kier molecular flexibility index (Phi) is 4.19. The van der Waals surface area contributed by atoms with Crippen LogP contribution in [0.25, 0.3) is 27.8 Å². The lowest BCUT2D eigenvalue weighted by Crippen LogP contribution is -2.38. The van der Waals surface area contributed by atoms with Crippen LogP contribution in [0.2, 0.25) is 0 Å². The maximum absolute atomic E-state index is 14.9. The quantitative estimate of drug-likeness (QED) is 0.545. The highest BCUT2D eigenvalue weighted by atomic mass is 19.1. The summed E-state index contributed by atoms with van der Waals surface area (Å²) in [6.45, 7) is 4.77. The van der Waals surface area contributed by atoms with Crippen LogP contribution in [0.15, 0.2) is 30.5 Å². The van der Waals surface area contributed by atoms with Crippen molar-refractivity contribution in [2.45, 2.75) is 32.7 Å². The second-order valence-corrected chi connectivity index (χ2v) is 7.84. The highest BCUT2D eigenvalue weighted by molar-refractivity contribution is 5.84. The number of fused-ring (bicyclic) bond motifs is 2. The monoisotopic (exact) mass is 408 g/mol. The van der Waals surface area contributed by atoms with Gasteiger partial charge in [-0.15, -0.1) is 0 Å². The molecule has 9 heteroatoms. The van der Waals surface area contributed by atoms with E-state index in [4.69, 9.17) is 5.11 Å². The van der Waals surface area contributed by atoms with Crippen molar-refractivity contribution in [3.8, 4) is 11.3 Å². The standard InChI is InChI=1S/C21H21FN6O2/c1-12-7-19-23-18(8-13(2)28(19)24-12)14-9-15-11-27(25-20(15)17(22)10-14)16-3-5-26(6-4-16)21(29)30/h7-11,16H,3-6H2,1-2H3,(H,29,30). The van der Waals surface area contributed by atoms with Crippen LogP contribution in [-0.4, -0.2) is 53.6 Å². The lowest BCUT2D eigenvalue weighted by atomic mass is 10.1. The number of amides is 1. The molecular weight excluding hydrogens is 387 g/mol. The molecular formula is C21H21FN6O2. The molecule has 0 aliphatic carbocycles. The highest BCUT2D eigenvalue weighted by Gasteiger charge is 2.24. The molecule has 0 radical (unpaired) electrons. The summed E-state index contributed by atoms with van der Waals surface area (Å²) >= 11 is 0. The van der Waals surface area contributed by atoms with Crippen molar-refractivity contribution >= 4 is 22.6 Å². The predicted octanol–water partition coefficient (Wildman–Crippen LogP) is 3.82. The first-order valence-electron chi connectivity index (χ1n) is 9.90. The summed E-state index contributed by atoms with van der Waals surface area (Å²) in [7, 11) is 0. The van der Waals surface area contributed by atoms with Crippen LogP contribution < -0.4 is 0 Å². The third-order valence-corrected chi connectivity index (χ3v) is 5.71. The van der Waals surface area contributed by atoms with Crippen molar-refractivity contribution in [1.82, 2.24) is 29.3 Å². The van der Waals surface area contributed by atoms with Gasteiger partial charge in [0.25, 0.3) is 0 Å². The zero-order chi connectivity index (χ0) is 21.0. The van der Waals surface area contributed by atoms with Gasteiger partial charge < -0.3 is 10.0 Å². The second kappa shape index (κ2) is 6.79. The number of halogens is 1.